The highest BCUT2D eigenvalue weighted by atomic mass is 127. The molecule has 3 rings (SSSR count). The van der Waals surface area contributed by atoms with Crippen LogP contribution in [0.1, 0.15) is 22.3 Å². The van der Waals surface area contributed by atoms with Crippen molar-refractivity contribution in [3.63, 3.8) is 0 Å². The third kappa shape index (κ3) is 1.58. The van der Waals surface area contributed by atoms with Crippen molar-refractivity contribution in [1.82, 2.24) is 0 Å². The smallest absolute Gasteiger partial charge is 0.336 e. The minimum absolute atomic E-state index is 0.291. The fourth-order valence-corrected chi connectivity index (χ4v) is 3.57. The summed E-state index contributed by atoms with van der Waals surface area (Å²) in [6.45, 7) is 4.65. The first kappa shape index (κ1) is 12.0. The summed E-state index contributed by atoms with van der Waals surface area (Å²) < 4.78 is 12.0. The average Bonchev–Trinajstić information content (AvgIpc) is 2.80. The third-order valence-corrected chi connectivity index (χ3v) is 4.27. The van der Waals surface area contributed by atoms with E-state index in [0.717, 1.165) is 39.7 Å². The van der Waals surface area contributed by atoms with E-state index >= 15 is 0 Å². The number of halogens is 1. The molecule has 2 aromatic rings. The van der Waals surface area contributed by atoms with Crippen LogP contribution in [0.2, 0.25) is 0 Å². The third-order valence-electron chi connectivity index (χ3n) is 3.51. The maximum Gasteiger partial charge on any atom is 0.336 e. The number of fused-ring (bicyclic) bond motifs is 2. The van der Waals surface area contributed by atoms with Gasteiger partial charge in [0.15, 0.2) is 0 Å². The Morgan fingerprint density at radius 3 is 2.89 bits per heavy atom. The first-order valence-corrected chi connectivity index (χ1v) is 7.43. The van der Waals surface area contributed by atoms with E-state index in [4.69, 9.17) is 9.15 Å². The maximum absolute atomic E-state index is 11.5. The van der Waals surface area contributed by atoms with Gasteiger partial charge in [-0.3, -0.25) is 0 Å². The number of alkyl halides is 1. The lowest BCUT2D eigenvalue weighted by Crippen LogP contribution is -2.02. The van der Waals surface area contributed by atoms with Gasteiger partial charge in [-0.1, -0.05) is 22.6 Å². The molecule has 1 aromatic heterocycles. The molecule has 0 atom stereocenters. The molecule has 0 radical (unpaired) electrons. The van der Waals surface area contributed by atoms with Crippen LogP contribution in [0.5, 0.6) is 5.75 Å². The Hall–Kier alpha value is -1.04. The Morgan fingerprint density at radius 1 is 1.39 bits per heavy atom. The Labute approximate surface area is 118 Å². The number of aryl methyl sites for hydroxylation is 2. The number of hydrogen-bond donors (Lipinski definition) is 0. The highest BCUT2D eigenvalue weighted by Gasteiger charge is 2.24. The van der Waals surface area contributed by atoms with Gasteiger partial charge in [0.05, 0.1) is 6.61 Å². The molecule has 1 aromatic carbocycles. The topological polar surface area (TPSA) is 39.4 Å². The minimum Gasteiger partial charge on any atom is -0.493 e. The maximum atomic E-state index is 11.5. The molecule has 0 fully saturated rings. The molecule has 94 valence electrons. The summed E-state index contributed by atoms with van der Waals surface area (Å²) >= 11 is 2.36. The van der Waals surface area contributed by atoms with Gasteiger partial charge in [0.1, 0.15) is 11.3 Å². The molecule has 0 N–H and O–H groups in total. The molecule has 0 spiro atoms. The molecule has 2 heterocycles. The summed E-state index contributed by atoms with van der Waals surface area (Å²) in [4.78, 5) is 11.5. The monoisotopic (exact) mass is 356 g/mol. The van der Waals surface area contributed by atoms with E-state index in [0.29, 0.717) is 5.58 Å². The van der Waals surface area contributed by atoms with Crippen LogP contribution in [0.3, 0.4) is 0 Å². The lowest BCUT2D eigenvalue weighted by Gasteiger charge is -2.13. The van der Waals surface area contributed by atoms with Crippen molar-refractivity contribution in [2.24, 2.45) is 0 Å². The quantitative estimate of drug-likeness (QED) is 0.447. The fourth-order valence-electron chi connectivity index (χ4n) is 2.73. The lowest BCUT2D eigenvalue weighted by molar-refractivity contribution is 0.354. The Kier molecular flexibility index (Phi) is 2.84. The van der Waals surface area contributed by atoms with Gasteiger partial charge in [-0.25, -0.2) is 4.79 Å². The van der Waals surface area contributed by atoms with Gasteiger partial charge >= 0.3 is 5.63 Å². The summed E-state index contributed by atoms with van der Waals surface area (Å²) in [6.07, 6.45) is 0.947. The molecular weight excluding hydrogens is 343 g/mol. The summed E-state index contributed by atoms with van der Waals surface area (Å²) in [5, 5.41) is 1.09. The van der Waals surface area contributed by atoms with Crippen LogP contribution < -0.4 is 10.4 Å². The SMILES string of the molecule is Cc1c2c(c(CI)c3c(C)cc(=O)oc13)CCO2. The van der Waals surface area contributed by atoms with Gasteiger partial charge in [0.2, 0.25) is 0 Å². The van der Waals surface area contributed by atoms with Crippen molar-refractivity contribution >= 4 is 33.6 Å². The van der Waals surface area contributed by atoms with Gasteiger partial charge in [-0.2, -0.15) is 0 Å². The van der Waals surface area contributed by atoms with Crippen molar-refractivity contribution in [3.8, 4) is 5.75 Å². The largest absolute Gasteiger partial charge is 0.493 e. The fraction of sp³-hybridized carbons (Fsp3) is 0.357. The van der Waals surface area contributed by atoms with E-state index in [9.17, 15) is 4.79 Å². The minimum atomic E-state index is -0.291. The Morgan fingerprint density at radius 2 is 2.17 bits per heavy atom. The zero-order valence-corrected chi connectivity index (χ0v) is 12.5. The Balaban J connectivity index is 2.56. The molecule has 0 bridgehead atoms. The highest BCUT2D eigenvalue weighted by Crippen LogP contribution is 2.40. The van der Waals surface area contributed by atoms with E-state index in [1.54, 1.807) is 6.07 Å². The van der Waals surface area contributed by atoms with Gasteiger partial charge < -0.3 is 9.15 Å². The summed E-state index contributed by atoms with van der Waals surface area (Å²) in [5.41, 5.74) is 4.88. The molecule has 18 heavy (non-hydrogen) atoms. The van der Waals surface area contributed by atoms with Gasteiger partial charge in [-0.05, 0) is 25.0 Å². The van der Waals surface area contributed by atoms with Crippen LogP contribution >= 0.6 is 22.6 Å². The number of benzene rings is 1. The van der Waals surface area contributed by atoms with Crippen LogP contribution in [0.15, 0.2) is 15.3 Å². The standard InChI is InChI=1S/C14H13IO3/c1-7-5-11(16)18-14-8(2)13-9(3-4-17-13)10(6-15)12(7)14/h5H,3-4,6H2,1-2H3. The zero-order chi connectivity index (χ0) is 12.9. The van der Waals surface area contributed by atoms with Crippen LogP contribution in [-0.2, 0) is 10.8 Å². The van der Waals surface area contributed by atoms with E-state index in [1.165, 1.54) is 11.1 Å². The van der Waals surface area contributed by atoms with Gasteiger partial charge in [-0.15, -0.1) is 0 Å². The average molecular weight is 356 g/mol. The van der Waals surface area contributed by atoms with Crippen LogP contribution in [0, 0.1) is 13.8 Å². The van der Waals surface area contributed by atoms with Crippen molar-refractivity contribution in [2.45, 2.75) is 24.7 Å². The predicted octanol–water partition coefficient (Wildman–Crippen LogP) is 3.28. The molecule has 0 aliphatic carbocycles. The number of ether oxygens (including phenoxy) is 1. The van der Waals surface area contributed by atoms with Crippen LogP contribution in [0.4, 0.5) is 0 Å². The Bertz CT molecular complexity index is 700. The number of rotatable bonds is 1. The van der Waals surface area contributed by atoms with Gasteiger partial charge in [0.25, 0.3) is 0 Å². The molecule has 1 aliphatic rings. The molecule has 4 heteroatoms. The molecule has 0 saturated carbocycles. The first-order chi connectivity index (χ1) is 8.63. The molecule has 0 unspecified atom stereocenters. The second kappa shape index (κ2) is 4.26. The molecule has 0 saturated heterocycles. The van der Waals surface area contributed by atoms with E-state index in [1.807, 2.05) is 13.8 Å². The molecule has 0 amide bonds. The molecule has 3 nitrogen and oxygen atoms in total. The normalized spacial score (nSPS) is 13.7. The van der Waals surface area contributed by atoms with Crippen molar-refractivity contribution in [1.29, 1.82) is 0 Å². The molecule has 1 aliphatic heterocycles. The van der Waals surface area contributed by atoms with Gasteiger partial charge in [0, 0.05) is 33.4 Å². The van der Waals surface area contributed by atoms with Crippen molar-refractivity contribution in [2.75, 3.05) is 6.61 Å². The lowest BCUT2D eigenvalue weighted by atomic mass is 9.95. The highest BCUT2D eigenvalue weighted by molar-refractivity contribution is 14.1. The number of hydrogen-bond acceptors (Lipinski definition) is 3. The summed E-state index contributed by atoms with van der Waals surface area (Å²) in [5.74, 6) is 0.919. The summed E-state index contributed by atoms with van der Waals surface area (Å²) in [6, 6.07) is 1.57. The second-order valence-electron chi connectivity index (χ2n) is 4.60. The van der Waals surface area contributed by atoms with E-state index < -0.39 is 0 Å². The van der Waals surface area contributed by atoms with E-state index in [2.05, 4.69) is 22.6 Å². The predicted molar refractivity (Wildman–Crippen MR) is 78.9 cm³/mol. The van der Waals surface area contributed by atoms with Crippen LogP contribution in [0.25, 0.3) is 11.0 Å². The first-order valence-electron chi connectivity index (χ1n) is 5.91. The van der Waals surface area contributed by atoms with E-state index in [-0.39, 0.29) is 5.63 Å². The van der Waals surface area contributed by atoms with Crippen LogP contribution in [-0.4, -0.2) is 6.61 Å². The molecular formula is C14H13IO3. The van der Waals surface area contributed by atoms with Crippen molar-refractivity contribution in [3.05, 3.63) is 38.7 Å². The second-order valence-corrected chi connectivity index (χ2v) is 5.36. The van der Waals surface area contributed by atoms with Crippen molar-refractivity contribution < 1.29 is 9.15 Å². The zero-order valence-electron chi connectivity index (χ0n) is 10.3. The summed E-state index contributed by atoms with van der Waals surface area (Å²) in [7, 11) is 0.